The third kappa shape index (κ3) is 3.91. The predicted molar refractivity (Wildman–Crippen MR) is 84.5 cm³/mol. The molecule has 1 fully saturated rings. The summed E-state index contributed by atoms with van der Waals surface area (Å²) in [5, 5.41) is 0. The van der Waals surface area contributed by atoms with Crippen LogP contribution in [-0.2, 0) is 6.18 Å². The summed E-state index contributed by atoms with van der Waals surface area (Å²) < 4.78 is 38.0. The quantitative estimate of drug-likeness (QED) is 0.870. The Balaban J connectivity index is 0.00000121. The predicted octanol–water partition coefficient (Wildman–Crippen LogP) is 4.43. The van der Waals surface area contributed by atoms with E-state index in [1.807, 2.05) is 6.07 Å². The van der Waals surface area contributed by atoms with Crippen molar-refractivity contribution >= 4 is 24.8 Å². The van der Waals surface area contributed by atoms with Gasteiger partial charge in [-0.15, -0.1) is 24.8 Å². The fraction of sp³-hybridized carbons (Fsp3) is 0.267. The highest BCUT2D eigenvalue weighted by molar-refractivity contribution is 5.85. The van der Waals surface area contributed by atoms with Crippen LogP contribution in [0.4, 0.5) is 13.2 Å². The summed E-state index contributed by atoms with van der Waals surface area (Å²) in [5.74, 6) is 0.345. The van der Waals surface area contributed by atoms with Gasteiger partial charge in [0, 0.05) is 23.7 Å². The number of alkyl halides is 3. The van der Waals surface area contributed by atoms with Gasteiger partial charge in [0.25, 0.3) is 0 Å². The van der Waals surface area contributed by atoms with Crippen LogP contribution in [0.5, 0.6) is 0 Å². The number of halogens is 5. The number of aromatic nitrogens is 1. The van der Waals surface area contributed by atoms with E-state index >= 15 is 0 Å². The first kappa shape index (κ1) is 18.7. The number of benzene rings is 1. The van der Waals surface area contributed by atoms with Gasteiger partial charge in [0.05, 0.1) is 11.3 Å². The van der Waals surface area contributed by atoms with E-state index in [4.69, 9.17) is 5.73 Å². The molecule has 1 aromatic carbocycles. The molecule has 0 bridgehead atoms. The second-order valence-electron chi connectivity index (χ2n) is 5.06. The molecule has 2 atom stereocenters. The second kappa shape index (κ2) is 6.86. The maximum absolute atomic E-state index is 12.7. The minimum absolute atomic E-state index is 0. The Hall–Kier alpha value is -1.30. The summed E-state index contributed by atoms with van der Waals surface area (Å²) in [4.78, 5) is 4.24. The van der Waals surface area contributed by atoms with Gasteiger partial charge in [-0.1, -0.05) is 18.2 Å². The number of hydrogen-bond acceptors (Lipinski definition) is 2. The van der Waals surface area contributed by atoms with Crippen LogP contribution in [0, 0.1) is 0 Å². The summed E-state index contributed by atoms with van der Waals surface area (Å²) in [7, 11) is 0. The first-order chi connectivity index (χ1) is 9.45. The molecule has 1 saturated carbocycles. The summed E-state index contributed by atoms with van der Waals surface area (Å²) in [5.41, 5.74) is 7.15. The number of pyridine rings is 1. The lowest BCUT2D eigenvalue weighted by atomic mass is 10.1. The SMILES string of the molecule is Cl.Cl.NC1CC1c1ccc(-c2cccc(C(F)(F)F)c2)nc1. The van der Waals surface area contributed by atoms with E-state index in [-0.39, 0.29) is 30.9 Å². The topological polar surface area (TPSA) is 38.9 Å². The number of rotatable bonds is 2. The van der Waals surface area contributed by atoms with Gasteiger partial charge in [-0.25, -0.2) is 0 Å². The molecule has 1 aromatic heterocycles. The van der Waals surface area contributed by atoms with E-state index in [9.17, 15) is 13.2 Å². The van der Waals surface area contributed by atoms with Crippen molar-refractivity contribution in [3.8, 4) is 11.3 Å². The average molecular weight is 351 g/mol. The van der Waals surface area contributed by atoms with Crippen molar-refractivity contribution in [2.24, 2.45) is 5.73 Å². The van der Waals surface area contributed by atoms with Crippen molar-refractivity contribution < 1.29 is 13.2 Å². The molecule has 1 aliphatic carbocycles. The molecule has 1 heterocycles. The van der Waals surface area contributed by atoms with Crippen molar-refractivity contribution in [2.75, 3.05) is 0 Å². The van der Waals surface area contributed by atoms with Crippen LogP contribution in [0.1, 0.15) is 23.5 Å². The highest BCUT2D eigenvalue weighted by Gasteiger charge is 2.35. The summed E-state index contributed by atoms with van der Waals surface area (Å²) in [6.07, 6.45) is -1.69. The fourth-order valence-corrected chi connectivity index (χ4v) is 2.25. The maximum atomic E-state index is 12.7. The van der Waals surface area contributed by atoms with Crippen molar-refractivity contribution in [2.45, 2.75) is 24.6 Å². The lowest BCUT2D eigenvalue weighted by Crippen LogP contribution is -2.04. The minimum Gasteiger partial charge on any atom is -0.327 e. The molecule has 2 nitrogen and oxygen atoms in total. The monoisotopic (exact) mass is 350 g/mol. The molecule has 2 N–H and O–H groups in total. The molecule has 0 radical (unpaired) electrons. The Morgan fingerprint density at radius 2 is 1.77 bits per heavy atom. The Kier molecular flexibility index (Phi) is 5.84. The Labute approximate surface area is 138 Å². The lowest BCUT2D eigenvalue weighted by molar-refractivity contribution is -0.137. The molecule has 3 rings (SSSR count). The first-order valence-corrected chi connectivity index (χ1v) is 6.34. The van der Waals surface area contributed by atoms with E-state index in [0.29, 0.717) is 17.2 Å². The van der Waals surface area contributed by atoms with Crippen molar-refractivity contribution in [3.63, 3.8) is 0 Å². The van der Waals surface area contributed by atoms with E-state index in [2.05, 4.69) is 4.98 Å². The summed E-state index contributed by atoms with van der Waals surface area (Å²) >= 11 is 0. The molecule has 0 aliphatic heterocycles. The van der Waals surface area contributed by atoms with Crippen molar-refractivity contribution in [3.05, 3.63) is 53.7 Å². The molecular formula is C15H15Cl2F3N2. The Morgan fingerprint density at radius 3 is 2.27 bits per heavy atom. The molecule has 120 valence electrons. The van der Waals surface area contributed by atoms with E-state index in [1.54, 1.807) is 18.3 Å². The van der Waals surface area contributed by atoms with Gasteiger partial charge in [-0.3, -0.25) is 4.98 Å². The molecular weight excluding hydrogens is 336 g/mol. The highest BCUT2D eigenvalue weighted by Crippen LogP contribution is 2.39. The van der Waals surface area contributed by atoms with Gasteiger partial charge in [0.2, 0.25) is 0 Å². The van der Waals surface area contributed by atoms with Gasteiger partial charge in [-0.05, 0) is 30.2 Å². The van der Waals surface area contributed by atoms with E-state index < -0.39 is 11.7 Å². The molecule has 7 heteroatoms. The van der Waals surface area contributed by atoms with Crippen molar-refractivity contribution in [1.82, 2.24) is 4.98 Å². The fourth-order valence-electron chi connectivity index (χ4n) is 2.25. The average Bonchev–Trinajstić information content (AvgIpc) is 3.15. The zero-order valence-corrected chi connectivity index (χ0v) is 13.0. The highest BCUT2D eigenvalue weighted by atomic mass is 35.5. The third-order valence-electron chi connectivity index (χ3n) is 3.54. The van der Waals surface area contributed by atoms with Gasteiger partial charge in [0.15, 0.2) is 0 Å². The Bertz CT molecular complexity index is 629. The standard InChI is InChI=1S/C15H13F3N2.2ClH/c16-15(17,18)11-3-1-2-9(6-11)14-5-4-10(8-20-14)12-7-13(12)19;;/h1-6,8,12-13H,7,19H2;2*1H. The van der Waals surface area contributed by atoms with Gasteiger partial charge in [0.1, 0.15) is 0 Å². The molecule has 0 saturated heterocycles. The minimum atomic E-state index is -4.34. The normalized spacial score (nSPS) is 19.8. The molecule has 2 aromatic rings. The number of nitrogens with two attached hydrogens (primary N) is 1. The Morgan fingerprint density at radius 1 is 1.09 bits per heavy atom. The zero-order valence-electron chi connectivity index (χ0n) is 11.4. The van der Waals surface area contributed by atoms with Crippen LogP contribution in [0.25, 0.3) is 11.3 Å². The zero-order chi connectivity index (χ0) is 14.3. The molecule has 22 heavy (non-hydrogen) atoms. The molecule has 0 spiro atoms. The number of nitrogens with zero attached hydrogens (tertiary/aromatic N) is 1. The van der Waals surface area contributed by atoms with Crippen LogP contribution in [0.15, 0.2) is 42.6 Å². The van der Waals surface area contributed by atoms with Crippen LogP contribution in [-0.4, -0.2) is 11.0 Å². The van der Waals surface area contributed by atoms with Gasteiger partial charge < -0.3 is 5.73 Å². The second-order valence-corrected chi connectivity index (χ2v) is 5.06. The maximum Gasteiger partial charge on any atom is 0.416 e. The molecule has 2 unspecified atom stereocenters. The number of hydrogen-bond donors (Lipinski definition) is 1. The van der Waals surface area contributed by atoms with Crippen LogP contribution < -0.4 is 5.73 Å². The largest absolute Gasteiger partial charge is 0.416 e. The van der Waals surface area contributed by atoms with Crippen LogP contribution in [0.2, 0.25) is 0 Å². The molecule has 1 aliphatic rings. The van der Waals surface area contributed by atoms with Crippen LogP contribution in [0.3, 0.4) is 0 Å². The lowest BCUT2D eigenvalue weighted by Gasteiger charge is -2.08. The first-order valence-electron chi connectivity index (χ1n) is 6.34. The molecule has 0 amide bonds. The van der Waals surface area contributed by atoms with Crippen molar-refractivity contribution in [1.29, 1.82) is 0 Å². The van der Waals surface area contributed by atoms with E-state index in [1.165, 1.54) is 6.07 Å². The summed E-state index contributed by atoms with van der Waals surface area (Å²) in [6, 6.07) is 9.02. The smallest absolute Gasteiger partial charge is 0.327 e. The van der Waals surface area contributed by atoms with Crippen LogP contribution >= 0.6 is 24.8 Å². The van der Waals surface area contributed by atoms with E-state index in [0.717, 1.165) is 24.1 Å². The van der Waals surface area contributed by atoms with Gasteiger partial charge >= 0.3 is 6.18 Å². The summed E-state index contributed by atoms with van der Waals surface area (Å²) in [6.45, 7) is 0. The van der Waals surface area contributed by atoms with Gasteiger partial charge in [-0.2, -0.15) is 13.2 Å². The third-order valence-corrected chi connectivity index (χ3v) is 3.54.